The second-order valence-electron chi connectivity index (χ2n) is 4.88. The first-order valence-corrected chi connectivity index (χ1v) is 5.17. The van der Waals surface area contributed by atoms with Crippen LogP contribution in [-0.2, 0) is 4.74 Å². The Kier molecular flexibility index (Phi) is 3.16. The molecular weight excluding hydrogens is 148 g/mol. The predicted octanol–water partition coefficient (Wildman–Crippen LogP) is 3.24. The lowest BCUT2D eigenvalue weighted by Gasteiger charge is -2.38. The lowest BCUT2D eigenvalue weighted by atomic mass is 9.71. The summed E-state index contributed by atoms with van der Waals surface area (Å²) in [4.78, 5) is 0. The molecule has 0 aromatic carbocycles. The second kappa shape index (κ2) is 3.78. The van der Waals surface area contributed by atoms with Gasteiger partial charge in [-0.25, -0.2) is 0 Å². The van der Waals surface area contributed by atoms with Gasteiger partial charge < -0.3 is 4.74 Å². The quantitative estimate of drug-likeness (QED) is 0.618. The van der Waals surface area contributed by atoms with Gasteiger partial charge >= 0.3 is 0 Å². The summed E-state index contributed by atoms with van der Waals surface area (Å²) >= 11 is 0. The molecule has 0 aromatic heterocycles. The normalized spacial score (nSPS) is 35.0. The maximum absolute atomic E-state index is 5.69. The standard InChI is InChI=1S/C11H22O/c1-5-12-10-6-7-11(3,4)8-9(10)2/h9-10H,5-8H2,1-4H3. The van der Waals surface area contributed by atoms with Crippen molar-refractivity contribution in [2.24, 2.45) is 11.3 Å². The van der Waals surface area contributed by atoms with E-state index in [9.17, 15) is 0 Å². The van der Waals surface area contributed by atoms with Crippen LogP contribution in [0.1, 0.15) is 47.0 Å². The van der Waals surface area contributed by atoms with E-state index in [1.807, 2.05) is 0 Å². The molecule has 12 heavy (non-hydrogen) atoms. The Morgan fingerprint density at radius 3 is 2.58 bits per heavy atom. The monoisotopic (exact) mass is 170 g/mol. The zero-order valence-electron chi connectivity index (χ0n) is 8.89. The third-order valence-corrected chi connectivity index (χ3v) is 3.00. The molecule has 2 atom stereocenters. The average molecular weight is 170 g/mol. The van der Waals surface area contributed by atoms with Crippen molar-refractivity contribution in [3.8, 4) is 0 Å². The highest BCUT2D eigenvalue weighted by molar-refractivity contribution is 4.83. The van der Waals surface area contributed by atoms with E-state index in [2.05, 4.69) is 27.7 Å². The van der Waals surface area contributed by atoms with Gasteiger partial charge in [0.1, 0.15) is 0 Å². The van der Waals surface area contributed by atoms with Crippen LogP contribution in [0.2, 0.25) is 0 Å². The summed E-state index contributed by atoms with van der Waals surface area (Å²) in [5, 5.41) is 0. The van der Waals surface area contributed by atoms with Crippen LogP contribution in [0.25, 0.3) is 0 Å². The second-order valence-corrected chi connectivity index (χ2v) is 4.88. The summed E-state index contributed by atoms with van der Waals surface area (Å²) in [5.41, 5.74) is 0.549. The Hall–Kier alpha value is -0.0400. The minimum atomic E-state index is 0.531. The summed E-state index contributed by atoms with van der Waals surface area (Å²) in [6, 6.07) is 0. The van der Waals surface area contributed by atoms with Gasteiger partial charge in [-0.1, -0.05) is 20.8 Å². The van der Waals surface area contributed by atoms with Gasteiger partial charge in [-0.15, -0.1) is 0 Å². The Bertz CT molecular complexity index is 140. The Morgan fingerprint density at radius 2 is 2.08 bits per heavy atom. The zero-order chi connectivity index (χ0) is 9.19. The molecule has 1 aliphatic carbocycles. The summed E-state index contributed by atoms with van der Waals surface area (Å²) in [6.45, 7) is 10.0. The Labute approximate surface area is 76.5 Å². The lowest BCUT2D eigenvalue weighted by molar-refractivity contribution is -0.0265. The predicted molar refractivity (Wildman–Crippen MR) is 52.2 cm³/mol. The largest absolute Gasteiger partial charge is 0.378 e. The molecule has 1 aliphatic rings. The number of hydrogen-bond donors (Lipinski definition) is 0. The third kappa shape index (κ3) is 2.48. The molecule has 0 heterocycles. The molecule has 0 aliphatic heterocycles. The first-order chi connectivity index (χ1) is 5.55. The van der Waals surface area contributed by atoms with Gasteiger partial charge in [0.05, 0.1) is 6.10 Å². The fraction of sp³-hybridized carbons (Fsp3) is 1.00. The third-order valence-electron chi connectivity index (χ3n) is 3.00. The van der Waals surface area contributed by atoms with Crippen molar-refractivity contribution in [3.63, 3.8) is 0 Å². The summed E-state index contributed by atoms with van der Waals surface area (Å²) in [5.74, 6) is 0.744. The van der Waals surface area contributed by atoms with Crippen LogP contribution >= 0.6 is 0 Å². The zero-order valence-corrected chi connectivity index (χ0v) is 8.89. The average Bonchev–Trinajstić information content (AvgIpc) is 1.94. The van der Waals surface area contributed by atoms with Crippen molar-refractivity contribution in [2.45, 2.75) is 53.1 Å². The van der Waals surface area contributed by atoms with Gasteiger partial charge in [0.25, 0.3) is 0 Å². The highest BCUT2D eigenvalue weighted by Crippen LogP contribution is 2.39. The SMILES string of the molecule is CCOC1CCC(C)(C)CC1C. The topological polar surface area (TPSA) is 9.23 Å². The van der Waals surface area contributed by atoms with E-state index < -0.39 is 0 Å². The maximum atomic E-state index is 5.69. The van der Waals surface area contributed by atoms with Crippen molar-refractivity contribution < 1.29 is 4.74 Å². The Morgan fingerprint density at radius 1 is 1.42 bits per heavy atom. The van der Waals surface area contributed by atoms with Crippen LogP contribution < -0.4 is 0 Å². The van der Waals surface area contributed by atoms with Gasteiger partial charge in [0, 0.05) is 6.61 Å². The molecule has 0 aromatic rings. The first-order valence-electron chi connectivity index (χ1n) is 5.17. The van der Waals surface area contributed by atoms with Gasteiger partial charge in [0.15, 0.2) is 0 Å². The van der Waals surface area contributed by atoms with Crippen molar-refractivity contribution in [3.05, 3.63) is 0 Å². The van der Waals surface area contributed by atoms with E-state index in [0.717, 1.165) is 12.5 Å². The van der Waals surface area contributed by atoms with Crippen LogP contribution in [0.5, 0.6) is 0 Å². The Balaban J connectivity index is 2.42. The van der Waals surface area contributed by atoms with E-state index in [0.29, 0.717) is 11.5 Å². The first kappa shape index (κ1) is 10.0. The molecule has 0 bridgehead atoms. The molecule has 1 saturated carbocycles. The van der Waals surface area contributed by atoms with Crippen molar-refractivity contribution in [1.82, 2.24) is 0 Å². The van der Waals surface area contributed by atoms with Gasteiger partial charge in [-0.2, -0.15) is 0 Å². The molecule has 1 fully saturated rings. The number of ether oxygens (including phenoxy) is 1. The maximum Gasteiger partial charge on any atom is 0.0600 e. The molecule has 1 nitrogen and oxygen atoms in total. The molecular formula is C11H22O. The highest BCUT2D eigenvalue weighted by Gasteiger charge is 2.32. The van der Waals surface area contributed by atoms with Gasteiger partial charge in [0.2, 0.25) is 0 Å². The van der Waals surface area contributed by atoms with Crippen molar-refractivity contribution in [1.29, 1.82) is 0 Å². The van der Waals surface area contributed by atoms with Gasteiger partial charge in [-0.05, 0) is 37.5 Å². The fourth-order valence-corrected chi connectivity index (χ4v) is 2.38. The van der Waals surface area contributed by atoms with E-state index in [1.54, 1.807) is 0 Å². The number of hydrogen-bond acceptors (Lipinski definition) is 1. The fourth-order valence-electron chi connectivity index (χ4n) is 2.38. The molecule has 0 spiro atoms. The van der Waals surface area contributed by atoms with Crippen LogP contribution in [0.15, 0.2) is 0 Å². The van der Waals surface area contributed by atoms with E-state index in [-0.39, 0.29) is 0 Å². The summed E-state index contributed by atoms with van der Waals surface area (Å²) in [6.07, 6.45) is 4.42. The van der Waals surface area contributed by atoms with Crippen LogP contribution in [0, 0.1) is 11.3 Å². The molecule has 72 valence electrons. The number of rotatable bonds is 2. The molecule has 2 unspecified atom stereocenters. The molecule has 1 heteroatoms. The summed E-state index contributed by atoms with van der Waals surface area (Å²) in [7, 11) is 0. The van der Waals surface area contributed by atoms with Gasteiger partial charge in [-0.3, -0.25) is 0 Å². The molecule has 0 radical (unpaired) electrons. The van der Waals surface area contributed by atoms with Crippen LogP contribution in [-0.4, -0.2) is 12.7 Å². The van der Waals surface area contributed by atoms with E-state index >= 15 is 0 Å². The highest BCUT2D eigenvalue weighted by atomic mass is 16.5. The molecule has 0 saturated heterocycles. The minimum Gasteiger partial charge on any atom is -0.378 e. The van der Waals surface area contributed by atoms with E-state index in [4.69, 9.17) is 4.74 Å². The smallest absolute Gasteiger partial charge is 0.0600 e. The minimum absolute atomic E-state index is 0.531. The molecule has 0 N–H and O–H groups in total. The van der Waals surface area contributed by atoms with E-state index in [1.165, 1.54) is 19.3 Å². The van der Waals surface area contributed by atoms with Crippen LogP contribution in [0.3, 0.4) is 0 Å². The molecule has 1 rings (SSSR count). The van der Waals surface area contributed by atoms with Crippen molar-refractivity contribution >= 4 is 0 Å². The molecule has 0 amide bonds. The van der Waals surface area contributed by atoms with Crippen molar-refractivity contribution in [2.75, 3.05) is 6.61 Å². The lowest BCUT2D eigenvalue weighted by Crippen LogP contribution is -2.33. The van der Waals surface area contributed by atoms with Crippen LogP contribution in [0.4, 0.5) is 0 Å². The summed E-state index contributed by atoms with van der Waals surface area (Å²) < 4.78 is 5.69.